The molecule has 0 aliphatic carbocycles. The van der Waals surface area contributed by atoms with Gasteiger partial charge >= 0.3 is 21.0 Å². The number of thiol groups is 2. The molecule has 0 aliphatic heterocycles. The molecule has 0 aromatic carbocycles. The van der Waals surface area contributed by atoms with Crippen LogP contribution in [0, 0.1) is 6.92 Å². The Morgan fingerprint density at radius 3 is 1.42 bits per heavy atom. The summed E-state index contributed by atoms with van der Waals surface area (Å²) in [5.41, 5.74) is 19.6. The first-order valence-electron chi connectivity index (χ1n) is 7.57. The van der Waals surface area contributed by atoms with Crippen molar-refractivity contribution >= 4 is 37.1 Å². The summed E-state index contributed by atoms with van der Waals surface area (Å²) in [6.07, 6.45) is 7.98. The second-order valence-corrected chi connectivity index (χ2v) is 5.38. The Morgan fingerprint density at radius 2 is 1.25 bits per heavy atom. The molecular formula is C14H33N4O3S2V-. The van der Waals surface area contributed by atoms with Crippen LogP contribution < -0.4 is 22.9 Å². The number of amides is 2. The molecule has 0 unspecified atom stereocenters. The summed E-state index contributed by atoms with van der Waals surface area (Å²) in [5.74, 6) is -0.380. The maximum atomic E-state index is 9.98. The van der Waals surface area contributed by atoms with Crippen molar-refractivity contribution in [3.05, 3.63) is 6.92 Å². The van der Waals surface area contributed by atoms with E-state index >= 15 is 0 Å². The van der Waals surface area contributed by atoms with Crippen molar-refractivity contribution in [2.24, 2.45) is 22.9 Å². The summed E-state index contributed by atoms with van der Waals surface area (Å²) in [7, 11) is 0. The molecule has 10 heteroatoms. The average molecular weight is 421 g/mol. The zero-order valence-electron chi connectivity index (χ0n) is 14.4. The number of hydrogen-bond donors (Lipinski definition) is 6. The zero-order valence-corrected chi connectivity index (χ0v) is 17.6. The quantitative estimate of drug-likeness (QED) is 0.182. The van der Waals surface area contributed by atoms with Gasteiger partial charge in [0, 0.05) is 11.5 Å². The van der Waals surface area contributed by atoms with E-state index in [1.807, 2.05) is 0 Å². The molecule has 0 aromatic rings. The molecule has 0 radical (unpaired) electrons. The molecule has 0 bridgehead atoms. The van der Waals surface area contributed by atoms with E-state index in [0.29, 0.717) is 11.5 Å². The van der Waals surface area contributed by atoms with Crippen LogP contribution in [-0.4, -0.2) is 35.4 Å². The third-order valence-corrected chi connectivity index (χ3v) is 3.26. The third kappa shape index (κ3) is 33.5. The molecule has 8 N–H and O–H groups in total. The van der Waals surface area contributed by atoms with E-state index in [1.54, 1.807) is 0 Å². The fourth-order valence-corrected chi connectivity index (χ4v) is 1.32. The first-order valence-corrected chi connectivity index (χ1v) is 9.40. The number of rotatable bonds is 9. The predicted octanol–water partition coefficient (Wildman–Crippen LogP) is 0.517. The SMILES string of the molecule is NC(=O)[C@@H](N)CS.NC(=O)[C@@H](N)CS.[CH2-]CCCCCCC.[O]=[V]. The summed E-state index contributed by atoms with van der Waals surface area (Å²) in [6.45, 7) is 6.02. The van der Waals surface area contributed by atoms with Gasteiger partial charge in [0.05, 0.1) is 12.1 Å². The fourth-order valence-electron chi connectivity index (χ4n) is 0.960. The molecule has 0 saturated heterocycles. The standard InChI is InChI=1S/C8H17.2C3H8N2OS.O.V/c1-3-5-7-8-6-4-2;2*4-2(1-7)3(5)6;;/h1,3-8H2,2H3;2*2,7H,1,4H2,(H2,5,6);;/q-1;;;;/t;2*2-;;/m.00../s1. The molecule has 0 heterocycles. The molecular weight excluding hydrogens is 387 g/mol. The molecule has 0 aromatic heterocycles. The number of carbonyl (C=O) groups is 2. The summed E-state index contributed by atoms with van der Waals surface area (Å²) < 4.78 is 8.19. The number of hydrogen-bond acceptors (Lipinski definition) is 7. The van der Waals surface area contributed by atoms with Gasteiger partial charge in [-0.1, -0.05) is 39.0 Å². The van der Waals surface area contributed by atoms with Gasteiger partial charge in [0.1, 0.15) is 0 Å². The van der Waals surface area contributed by atoms with Gasteiger partial charge in [0.15, 0.2) is 0 Å². The molecule has 2 atom stereocenters. The molecule has 0 saturated carbocycles. The normalized spacial score (nSPS) is 11.2. The molecule has 0 fully saturated rings. The van der Waals surface area contributed by atoms with Gasteiger partial charge in [-0.3, -0.25) is 9.59 Å². The Hall–Kier alpha value is -0.0556. The van der Waals surface area contributed by atoms with E-state index in [0.717, 1.165) is 23.8 Å². The minimum absolute atomic E-state index is 0.315. The van der Waals surface area contributed by atoms with Gasteiger partial charge in [0.25, 0.3) is 0 Å². The van der Waals surface area contributed by atoms with E-state index < -0.39 is 23.9 Å². The van der Waals surface area contributed by atoms with Crippen LogP contribution in [0.5, 0.6) is 0 Å². The van der Waals surface area contributed by atoms with Gasteiger partial charge in [-0.2, -0.15) is 31.7 Å². The summed E-state index contributed by atoms with van der Waals surface area (Å²) in [4.78, 5) is 20.0. The molecule has 7 nitrogen and oxygen atoms in total. The summed E-state index contributed by atoms with van der Waals surface area (Å²) >= 11 is 8.52. The van der Waals surface area contributed by atoms with Crippen LogP contribution in [0.4, 0.5) is 0 Å². The summed E-state index contributed by atoms with van der Waals surface area (Å²) in [5, 5.41) is 0. The molecule has 2 amide bonds. The predicted molar refractivity (Wildman–Crippen MR) is 101 cm³/mol. The van der Waals surface area contributed by atoms with Crippen LogP contribution in [0.15, 0.2) is 0 Å². The van der Waals surface area contributed by atoms with Gasteiger partial charge in [-0.05, 0) is 0 Å². The number of nitrogens with two attached hydrogens (primary N) is 4. The second-order valence-electron chi connectivity index (χ2n) is 4.65. The van der Waals surface area contributed by atoms with Crippen molar-refractivity contribution in [2.75, 3.05) is 11.5 Å². The Kier molecular flexibility index (Phi) is 36.7. The Morgan fingerprint density at radius 1 is 0.917 bits per heavy atom. The van der Waals surface area contributed by atoms with Gasteiger partial charge in [-0.25, -0.2) is 0 Å². The zero-order chi connectivity index (χ0) is 20.0. The number of unbranched alkanes of at least 4 members (excludes halogenated alkanes) is 5. The van der Waals surface area contributed by atoms with E-state index in [4.69, 9.17) is 26.6 Å². The molecule has 145 valence electrons. The van der Waals surface area contributed by atoms with Crippen LogP contribution in [-0.2, 0) is 30.6 Å². The van der Waals surface area contributed by atoms with Gasteiger partial charge in [0.2, 0.25) is 11.8 Å². The van der Waals surface area contributed by atoms with Crippen molar-refractivity contribution < 1.29 is 30.6 Å². The van der Waals surface area contributed by atoms with Crippen molar-refractivity contribution in [1.29, 1.82) is 0 Å². The fraction of sp³-hybridized carbons (Fsp3) is 0.786. The monoisotopic (exact) mass is 420 g/mol. The number of primary amides is 2. The van der Waals surface area contributed by atoms with Crippen LogP contribution >= 0.6 is 25.3 Å². The molecule has 0 spiro atoms. The number of carbonyl (C=O) groups excluding carboxylic acids is 2. The molecule has 24 heavy (non-hydrogen) atoms. The topological polar surface area (TPSA) is 155 Å². The first-order chi connectivity index (χ1) is 11.3. The van der Waals surface area contributed by atoms with Crippen LogP contribution in [0.2, 0.25) is 0 Å². The van der Waals surface area contributed by atoms with Crippen molar-refractivity contribution in [1.82, 2.24) is 0 Å². The van der Waals surface area contributed by atoms with Crippen LogP contribution in [0.3, 0.4) is 0 Å². The Labute approximate surface area is 166 Å². The Bertz CT molecular complexity index is 265. The molecule has 0 aliphatic rings. The maximum absolute atomic E-state index is 9.98. The van der Waals surface area contributed by atoms with Crippen molar-refractivity contribution in [2.45, 2.75) is 57.5 Å². The van der Waals surface area contributed by atoms with Crippen molar-refractivity contribution in [3.63, 3.8) is 0 Å². The van der Waals surface area contributed by atoms with Gasteiger partial charge in [-0.15, -0.1) is 0 Å². The minimum atomic E-state index is -0.594. The van der Waals surface area contributed by atoms with E-state index in [-0.39, 0.29) is 0 Å². The van der Waals surface area contributed by atoms with Crippen LogP contribution in [0.1, 0.15) is 45.4 Å². The first kappa shape index (κ1) is 31.7. The summed E-state index contributed by atoms with van der Waals surface area (Å²) in [6, 6.07) is -1.19. The van der Waals surface area contributed by atoms with Crippen LogP contribution in [0.25, 0.3) is 0 Å². The van der Waals surface area contributed by atoms with E-state index in [9.17, 15) is 9.59 Å². The molecule has 0 rings (SSSR count). The average Bonchev–Trinajstić information content (AvgIpc) is 2.59. The second kappa shape index (κ2) is 27.8. The van der Waals surface area contributed by atoms with E-state index in [1.165, 1.54) is 32.1 Å². The Balaban J connectivity index is -0.000000119. The van der Waals surface area contributed by atoms with E-state index in [2.05, 4.69) is 39.1 Å². The van der Waals surface area contributed by atoms with Crippen molar-refractivity contribution in [3.8, 4) is 0 Å². The third-order valence-electron chi connectivity index (χ3n) is 2.48. The van der Waals surface area contributed by atoms with Gasteiger partial charge < -0.3 is 29.9 Å².